The molecule has 0 bridgehead atoms. The summed E-state index contributed by atoms with van der Waals surface area (Å²) in [6.45, 7) is 2.49. The molecule has 0 unspecified atom stereocenters. The molecule has 8 nitrogen and oxygen atoms in total. The van der Waals surface area contributed by atoms with Gasteiger partial charge in [-0.25, -0.2) is 14.6 Å². The first-order valence-corrected chi connectivity index (χ1v) is 9.98. The topological polar surface area (TPSA) is 99.2 Å². The number of aromatic nitrogens is 4. The van der Waals surface area contributed by atoms with Gasteiger partial charge in [-0.1, -0.05) is 18.2 Å². The number of hydrogen-bond acceptors (Lipinski definition) is 6. The first-order valence-electron chi connectivity index (χ1n) is 9.98. The zero-order valence-corrected chi connectivity index (χ0v) is 16.6. The van der Waals surface area contributed by atoms with Gasteiger partial charge in [0.1, 0.15) is 11.3 Å². The van der Waals surface area contributed by atoms with Crippen LogP contribution in [0.3, 0.4) is 0 Å². The normalized spacial score (nSPS) is 16.5. The lowest BCUT2D eigenvalue weighted by Crippen LogP contribution is -2.28. The molecule has 4 rings (SSSR count). The second-order valence-corrected chi connectivity index (χ2v) is 7.26. The van der Waals surface area contributed by atoms with Crippen molar-refractivity contribution in [1.29, 1.82) is 0 Å². The van der Waals surface area contributed by atoms with Gasteiger partial charge in [0.2, 0.25) is 5.91 Å². The van der Waals surface area contributed by atoms with Crippen molar-refractivity contribution in [3.05, 3.63) is 47.9 Å². The van der Waals surface area contributed by atoms with E-state index in [0.29, 0.717) is 32.5 Å². The summed E-state index contributed by atoms with van der Waals surface area (Å²) in [7, 11) is 1.66. The van der Waals surface area contributed by atoms with Gasteiger partial charge in [0.15, 0.2) is 5.65 Å². The molecule has 0 aliphatic carbocycles. The highest BCUT2D eigenvalue weighted by Crippen LogP contribution is 2.31. The summed E-state index contributed by atoms with van der Waals surface area (Å²) in [6, 6.07) is 7.84. The van der Waals surface area contributed by atoms with Crippen LogP contribution >= 0.6 is 0 Å². The van der Waals surface area contributed by atoms with Crippen LogP contribution in [0.1, 0.15) is 30.0 Å². The van der Waals surface area contributed by atoms with Crippen LogP contribution < -0.4 is 10.5 Å². The van der Waals surface area contributed by atoms with Gasteiger partial charge in [0.25, 0.3) is 0 Å². The third-order valence-electron chi connectivity index (χ3n) is 5.46. The van der Waals surface area contributed by atoms with E-state index in [9.17, 15) is 4.79 Å². The molecule has 1 aromatic carbocycles. The van der Waals surface area contributed by atoms with E-state index in [-0.39, 0.29) is 11.8 Å². The monoisotopic (exact) mass is 394 g/mol. The number of carbonyl (C=O) groups excluding carboxylic acids is 1. The molecule has 0 saturated carbocycles. The van der Waals surface area contributed by atoms with Gasteiger partial charge in [-0.3, -0.25) is 4.79 Å². The number of likely N-dealkylation sites (tertiary alicyclic amines) is 1. The summed E-state index contributed by atoms with van der Waals surface area (Å²) in [5, 5.41) is 4.73. The number of nitrogens with zero attached hydrogens (tertiary/aromatic N) is 5. The minimum absolute atomic E-state index is 0.162. The molecule has 1 amide bonds. The van der Waals surface area contributed by atoms with Crippen molar-refractivity contribution >= 4 is 17.1 Å². The Morgan fingerprint density at radius 2 is 2.10 bits per heavy atom. The van der Waals surface area contributed by atoms with Crippen molar-refractivity contribution < 1.29 is 9.53 Å². The van der Waals surface area contributed by atoms with Gasteiger partial charge in [-0.05, 0) is 24.5 Å². The molecule has 8 heteroatoms. The highest BCUT2D eigenvalue weighted by atomic mass is 16.5. The smallest absolute Gasteiger partial charge is 0.222 e. The maximum Gasteiger partial charge on any atom is 0.222 e. The van der Waals surface area contributed by atoms with Crippen molar-refractivity contribution in [2.24, 2.45) is 5.73 Å². The first kappa shape index (κ1) is 19.3. The summed E-state index contributed by atoms with van der Waals surface area (Å²) in [5.74, 6) is 1.16. The van der Waals surface area contributed by atoms with Crippen LogP contribution in [0.25, 0.3) is 11.2 Å². The van der Waals surface area contributed by atoms with Crippen molar-refractivity contribution in [1.82, 2.24) is 24.6 Å². The first-order chi connectivity index (χ1) is 14.2. The van der Waals surface area contributed by atoms with Gasteiger partial charge in [0.05, 0.1) is 19.3 Å². The van der Waals surface area contributed by atoms with E-state index in [1.165, 1.54) is 0 Å². The van der Waals surface area contributed by atoms with Crippen LogP contribution in [0.5, 0.6) is 5.75 Å². The fraction of sp³-hybridized carbons (Fsp3) is 0.429. The molecule has 1 aliphatic heterocycles. The van der Waals surface area contributed by atoms with Crippen LogP contribution in [-0.2, 0) is 17.8 Å². The molecule has 0 radical (unpaired) electrons. The Labute approximate surface area is 169 Å². The number of para-hydroxylation sites is 1. The maximum atomic E-state index is 12.8. The van der Waals surface area contributed by atoms with E-state index in [2.05, 4.69) is 9.97 Å². The maximum absolute atomic E-state index is 12.8. The number of benzene rings is 1. The largest absolute Gasteiger partial charge is 0.496 e. The predicted molar refractivity (Wildman–Crippen MR) is 110 cm³/mol. The summed E-state index contributed by atoms with van der Waals surface area (Å²) in [4.78, 5) is 23.6. The molecule has 3 heterocycles. The third kappa shape index (κ3) is 3.93. The number of amides is 1. The second kappa shape index (κ2) is 8.57. The highest BCUT2D eigenvalue weighted by Gasteiger charge is 2.31. The zero-order chi connectivity index (χ0) is 20.2. The van der Waals surface area contributed by atoms with Crippen LogP contribution in [0, 0.1) is 0 Å². The Morgan fingerprint density at radius 1 is 1.28 bits per heavy atom. The average molecular weight is 394 g/mol. The summed E-state index contributed by atoms with van der Waals surface area (Å²) in [6.07, 6.45) is 5.37. The van der Waals surface area contributed by atoms with E-state index >= 15 is 0 Å². The summed E-state index contributed by atoms with van der Waals surface area (Å²) in [5.41, 5.74) is 9.25. The lowest BCUT2D eigenvalue weighted by atomic mass is 10.0. The molecule has 29 heavy (non-hydrogen) atoms. The number of ether oxygens (including phenoxy) is 1. The number of carbonyl (C=O) groups is 1. The van der Waals surface area contributed by atoms with Gasteiger partial charge >= 0.3 is 0 Å². The molecular weight excluding hydrogens is 368 g/mol. The molecule has 1 fully saturated rings. The Hall–Kier alpha value is -3.00. The number of aryl methyl sites for hydroxylation is 1. The molecule has 1 saturated heterocycles. The van der Waals surface area contributed by atoms with Gasteiger partial charge in [0, 0.05) is 44.4 Å². The fourth-order valence-electron chi connectivity index (χ4n) is 4.00. The number of rotatable bonds is 7. The summed E-state index contributed by atoms with van der Waals surface area (Å²) >= 11 is 0. The molecule has 2 N–H and O–H groups in total. The van der Waals surface area contributed by atoms with Crippen molar-refractivity contribution in [3.63, 3.8) is 0 Å². The minimum Gasteiger partial charge on any atom is -0.496 e. The van der Waals surface area contributed by atoms with Crippen LogP contribution in [0.15, 0.2) is 36.7 Å². The quantitative estimate of drug-likeness (QED) is 0.655. The van der Waals surface area contributed by atoms with Crippen molar-refractivity contribution in [3.8, 4) is 5.75 Å². The molecule has 1 aliphatic rings. The minimum atomic E-state index is 0.162. The lowest BCUT2D eigenvalue weighted by Gasteiger charge is -2.16. The number of nitrogens with two attached hydrogens (primary N) is 1. The number of methoxy groups -OCH3 is 1. The second-order valence-electron chi connectivity index (χ2n) is 7.26. The molecular formula is C21H26N6O2. The van der Waals surface area contributed by atoms with Crippen molar-refractivity contribution in [2.75, 3.05) is 26.7 Å². The zero-order valence-electron chi connectivity index (χ0n) is 16.6. The fourth-order valence-corrected chi connectivity index (χ4v) is 4.00. The van der Waals surface area contributed by atoms with E-state index < -0.39 is 0 Å². The van der Waals surface area contributed by atoms with E-state index in [1.807, 2.05) is 33.8 Å². The highest BCUT2D eigenvalue weighted by molar-refractivity contribution is 5.78. The van der Waals surface area contributed by atoms with Crippen molar-refractivity contribution in [2.45, 2.75) is 31.7 Å². The third-order valence-corrected chi connectivity index (χ3v) is 5.46. The van der Waals surface area contributed by atoms with Crippen LogP contribution in [0.2, 0.25) is 0 Å². The Bertz CT molecular complexity index is 1000. The van der Waals surface area contributed by atoms with E-state index in [0.717, 1.165) is 41.1 Å². The Balaban J connectivity index is 1.44. The molecule has 0 spiro atoms. The van der Waals surface area contributed by atoms with Gasteiger partial charge in [-0.15, -0.1) is 0 Å². The average Bonchev–Trinajstić information content (AvgIpc) is 3.38. The number of fused-ring (bicyclic) bond motifs is 1. The predicted octanol–water partition coefficient (Wildman–Crippen LogP) is 1.74. The standard InChI is InChI=1S/C21H26N6O2/c1-29-17-5-3-2-4-15(17)6-7-18(28)26-12-8-16(14-26)19-20-21(24-11-10-23-20)27(25-19)13-9-22/h2-5,10-11,16H,6-9,12-14,22H2,1H3/t16-/m1/s1. The van der Waals surface area contributed by atoms with Crippen LogP contribution in [0.4, 0.5) is 0 Å². The lowest BCUT2D eigenvalue weighted by molar-refractivity contribution is -0.130. The Morgan fingerprint density at radius 3 is 2.93 bits per heavy atom. The van der Waals surface area contributed by atoms with E-state index in [1.54, 1.807) is 19.5 Å². The molecule has 1 atom stereocenters. The SMILES string of the molecule is COc1ccccc1CCC(=O)N1CC[C@@H](c2nn(CCN)c3nccnc23)C1. The Kier molecular flexibility index (Phi) is 5.71. The molecule has 152 valence electrons. The molecule has 3 aromatic rings. The summed E-state index contributed by atoms with van der Waals surface area (Å²) < 4.78 is 7.21. The number of hydrogen-bond donors (Lipinski definition) is 1. The van der Waals surface area contributed by atoms with Gasteiger partial charge in [-0.2, -0.15) is 5.10 Å². The molecule has 2 aromatic heterocycles. The van der Waals surface area contributed by atoms with E-state index in [4.69, 9.17) is 15.6 Å². The van der Waals surface area contributed by atoms with Crippen LogP contribution in [-0.4, -0.2) is 57.3 Å². The van der Waals surface area contributed by atoms with Gasteiger partial charge < -0.3 is 15.4 Å².